The highest BCUT2D eigenvalue weighted by molar-refractivity contribution is 5.82. The van der Waals surface area contributed by atoms with Gasteiger partial charge in [-0.15, -0.1) is 0 Å². The third-order valence-electron chi connectivity index (χ3n) is 3.48. The second-order valence-corrected chi connectivity index (χ2v) is 5.73. The molecule has 0 bridgehead atoms. The maximum Gasteiger partial charge on any atom is 0.214 e. The molecule has 3 nitrogen and oxygen atoms in total. The Hall–Kier alpha value is -1.61. The van der Waals surface area contributed by atoms with Crippen LogP contribution in [0.25, 0.3) is 10.9 Å². The summed E-state index contributed by atoms with van der Waals surface area (Å²) in [6.45, 7) is 8.10. The Morgan fingerprint density at radius 1 is 1.19 bits per heavy atom. The van der Waals surface area contributed by atoms with Crippen LogP contribution in [-0.2, 0) is 6.54 Å². The Morgan fingerprint density at radius 2 is 2.00 bits per heavy atom. The SMILES string of the molecule is CCCCCOc1cc(CNC(C)C)c2ccccc2n1. The molecule has 0 unspecified atom stereocenters. The van der Waals surface area contributed by atoms with Gasteiger partial charge in [0.2, 0.25) is 5.88 Å². The van der Waals surface area contributed by atoms with Gasteiger partial charge in [0.1, 0.15) is 0 Å². The van der Waals surface area contributed by atoms with Crippen LogP contribution in [0, 0.1) is 0 Å². The van der Waals surface area contributed by atoms with Gasteiger partial charge in [0.05, 0.1) is 12.1 Å². The van der Waals surface area contributed by atoms with Gasteiger partial charge in [0, 0.05) is 24.0 Å². The van der Waals surface area contributed by atoms with Crippen LogP contribution in [0.5, 0.6) is 5.88 Å². The lowest BCUT2D eigenvalue weighted by atomic mass is 10.1. The van der Waals surface area contributed by atoms with Crippen LogP contribution in [0.2, 0.25) is 0 Å². The number of hydrogen-bond donors (Lipinski definition) is 1. The summed E-state index contributed by atoms with van der Waals surface area (Å²) in [4.78, 5) is 4.61. The monoisotopic (exact) mass is 286 g/mol. The molecular formula is C18H26N2O. The molecule has 1 heterocycles. The summed E-state index contributed by atoms with van der Waals surface area (Å²) < 4.78 is 5.82. The van der Waals surface area contributed by atoms with Gasteiger partial charge in [-0.05, 0) is 18.1 Å². The Labute approximate surface area is 127 Å². The van der Waals surface area contributed by atoms with Gasteiger partial charge >= 0.3 is 0 Å². The van der Waals surface area contributed by atoms with Crippen molar-refractivity contribution in [2.24, 2.45) is 0 Å². The summed E-state index contributed by atoms with van der Waals surface area (Å²) >= 11 is 0. The minimum absolute atomic E-state index is 0.464. The first kappa shape index (κ1) is 15.8. The summed E-state index contributed by atoms with van der Waals surface area (Å²) in [5.74, 6) is 0.741. The fraction of sp³-hybridized carbons (Fsp3) is 0.500. The van der Waals surface area contributed by atoms with Crippen LogP contribution in [0.4, 0.5) is 0 Å². The van der Waals surface area contributed by atoms with Crippen LogP contribution >= 0.6 is 0 Å². The van der Waals surface area contributed by atoms with Crippen molar-refractivity contribution in [2.45, 2.75) is 52.6 Å². The molecule has 21 heavy (non-hydrogen) atoms. The first-order chi connectivity index (χ1) is 10.2. The second-order valence-electron chi connectivity index (χ2n) is 5.73. The second kappa shape index (κ2) is 7.99. The zero-order chi connectivity index (χ0) is 15.1. The van der Waals surface area contributed by atoms with Crippen molar-refractivity contribution in [3.05, 3.63) is 35.9 Å². The molecule has 0 aliphatic carbocycles. The third-order valence-corrected chi connectivity index (χ3v) is 3.48. The molecule has 0 saturated heterocycles. The van der Waals surface area contributed by atoms with Crippen LogP contribution in [-0.4, -0.2) is 17.6 Å². The molecule has 0 aliphatic rings. The number of hydrogen-bond acceptors (Lipinski definition) is 3. The van der Waals surface area contributed by atoms with Crippen LogP contribution in [0.1, 0.15) is 45.6 Å². The number of nitrogens with zero attached hydrogens (tertiary/aromatic N) is 1. The summed E-state index contributed by atoms with van der Waals surface area (Å²) in [7, 11) is 0. The average molecular weight is 286 g/mol. The van der Waals surface area contributed by atoms with Crippen molar-refractivity contribution in [3.8, 4) is 5.88 Å². The van der Waals surface area contributed by atoms with Gasteiger partial charge in [0.15, 0.2) is 0 Å². The van der Waals surface area contributed by atoms with E-state index in [1.54, 1.807) is 0 Å². The van der Waals surface area contributed by atoms with Crippen molar-refractivity contribution in [2.75, 3.05) is 6.61 Å². The number of fused-ring (bicyclic) bond motifs is 1. The molecule has 1 aromatic heterocycles. The lowest BCUT2D eigenvalue weighted by Crippen LogP contribution is -2.22. The van der Waals surface area contributed by atoms with Gasteiger partial charge in [-0.25, -0.2) is 4.98 Å². The maximum atomic E-state index is 5.82. The first-order valence-corrected chi connectivity index (χ1v) is 7.95. The van der Waals surface area contributed by atoms with E-state index in [1.807, 2.05) is 12.1 Å². The largest absolute Gasteiger partial charge is 0.478 e. The molecule has 0 fully saturated rings. The molecule has 0 saturated carbocycles. The van der Waals surface area contributed by atoms with Crippen molar-refractivity contribution < 1.29 is 4.74 Å². The zero-order valence-electron chi connectivity index (χ0n) is 13.4. The highest BCUT2D eigenvalue weighted by Crippen LogP contribution is 2.22. The predicted octanol–water partition coefficient (Wildman–Crippen LogP) is 4.30. The fourth-order valence-corrected chi connectivity index (χ4v) is 2.28. The van der Waals surface area contributed by atoms with E-state index in [0.717, 1.165) is 31.0 Å². The standard InChI is InChI=1S/C18H26N2O/c1-4-5-8-11-21-18-12-15(13-19-14(2)3)16-9-6-7-10-17(16)20-18/h6-7,9-10,12,14,19H,4-5,8,11,13H2,1-3H3. The molecular weight excluding hydrogens is 260 g/mol. The van der Waals surface area contributed by atoms with E-state index in [-0.39, 0.29) is 0 Å². The molecule has 0 aliphatic heterocycles. The van der Waals surface area contributed by atoms with Crippen LogP contribution < -0.4 is 10.1 Å². The van der Waals surface area contributed by atoms with E-state index in [1.165, 1.54) is 23.8 Å². The van der Waals surface area contributed by atoms with Crippen molar-refractivity contribution in [3.63, 3.8) is 0 Å². The van der Waals surface area contributed by atoms with Crippen molar-refractivity contribution in [1.29, 1.82) is 0 Å². The molecule has 2 aromatic rings. The van der Waals surface area contributed by atoms with Gasteiger partial charge in [0.25, 0.3) is 0 Å². The molecule has 1 N–H and O–H groups in total. The fourth-order valence-electron chi connectivity index (χ4n) is 2.28. The molecule has 0 spiro atoms. The highest BCUT2D eigenvalue weighted by atomic mass is 16.5. The van der Waals surface area contributed by atoms with E-state index in [0.29, 0.717) is 6.04 Å². The molecule has 2 rings (SSSR count). The van der Waals surface area contributed by atoms with E-state index in [2.05, 4.69) is 49.3 Å². The molecule has 114 valence electrons. The highest BCUT2D eigenvalue weighted by Gasteiger charge is 2.07. The number of rotatable bonds is 8. The number of nitrogens with one attached hydrogen (secondary N) is 1. The number of aromatic nitrogens is 1. The van der Waals surface area contributed by atoms with Crippen molar-refractivity contribution in [1.82, 2.24) is 10.3 Å². The lowest BCUT2D eigenvalue weighted by Gasteiger charge is -2.13. The topological polar surface area (TPSA) is 34.1 Å². The Bertz CT molecular complexity index is 566. The summed E-state index contributed by atoms with van der Waals surface area (Å²) in [5.41, 5.74) is 2.26. The van der Waals surface area contributed by atoms with E-state index in [4.69, 9.17) is 4.74 Å². The summed E-state index contributed by atoms with van der Waals surface area (Å²) in [5, 5.41) is 4.67. The Balaban J connectivity index is 2.18. The molecule has 0 atom stereocenters. The summed E-state index contributed by atoms with van der Waals surface area (Å²) in [6.07, 6.45) is 3.50. The van der Waals surface area contributed by atoms with E-state index < -0.39 is 0 Å². The third kappa shape index (κ3) is 4.71. The number of pyridine rings is 1. The normalized spacial score (nSPS) is 11.2. The molecule has 3 heteroatoms. The first-order valence-electron chi connectivity index (χ1n) is 7.95. The minimum atomic E-state index is 0.464. The molecule has 1 aromatic carbocycles. The van der Waals surface area contributed by atoms with Crippen LogP contribution in [0.3, 0.4) is 0 Å². The molecule has 0 radical (unpaired) electrons. The van der Waals surface area contributed by atoms with E-state index >= 15 is 0 Å². The number of unbranched alkanes of at least 4 members (excludes halogenated alkanes) is 2. The summed E-state index contributed by atoms with van der Waals surface area (Å²) in [6, 6.07) is 10.8. The van der Waals surface area contributed by atoms with Gasteiger partial charge in [-0.2, -0.15) is 0 Å². The number of para-hydroxylation sites is 1. The number of benzene rings is 1. The quantitative estimate of drug-likeness (QED) is 0.735. The van der Waals surface area contributed by atoms with Crippen molar-refractivity contribution >= 4 is 10.9 Å². The van der Waals surface area contributed by atoms with E-state index in [9.17, 15) is 0 Å². The minimum Gasteiger partial charge on any atom is -0.478 e. The maximum absolute atomic E-state index is 5.82. The predicted molar refractivity (Wildman–Crippen MR) is 88.7 cm³/mol. The average Bonchev–Trinajstić information content (AvgIpc) is 2.49. The smallest absolute Gasteiger partial charge is 0.214 e. The lowest BCUT2D eigenvalue weighted by molar-refractivity contribution is 0.295. The van der Waals surface area contributed by atoms with Crippen LogP contribution in [0.15, 0.2) is 30.3 Å². The van der Waals surface area contributed by atoms with Gasteiger partial charge in [-0.3, -0.25) is 0 Å². The van der Waals surface area contributed by atoms with Gasteiger partial charge in [-0.1, -0.05) is 51.8 Å². The Kier molecular flexibility index (Phi) is 6.00. The Morgan fingerprint density at radius 3 is 2.76 bits per heavy atom. The molecule has 0 amide bonds. The van der Waals surface area contributed by atoms with Gasteiger partial charge < -0.3 is 10.1 Å². The number of ether oxygens (including phenoxy) is 1. The zero-order valence-corrected chi connectivity index (χ0v) is 13.4.